The number of rotatable bonds is 7. The third-order valence-electron chi connectivity index (χ3n) is 4.16. The van der Waals surface area contributed by atoms with Crippen LogP contribution in [0.2, 0.25) is 10.0 Å². The predicted octanol–water partition coefficient (Wildman–Crippen LogP) is 4.77. The lowest BCUT2D eigenvalue weighted by atomic mass is 10.1. The molecule has 1 unspecified atom stereocenters. The van der Waals surface area contributed by atoms with E-state index >= 15 is 0 Å². The minimum Gasteiger partial charge on any atom is -0.481 e. The number of thiocarbonyl (C=S) groups is 1. The van der Waals surface area contributed by atoms with E-state index < -0.39 is 30.3 Å². The second kappa shape index (κ2) is 9.22. The predicted molar refractivity (Wildman–Crippen MR) is 117 cm³/mol. The molecule has 0 aliphatic carbocycles. The number of benzene rings is 1. The maximum absolute atomic E-state index is 12.7. The molecule has 156 valence electrons. The van der Waals surface area contributed by atoms with Gasteiger partial charge in [-0.2, -0.15) is 0 Å². The number of nitrogens with zero attached hydrogens (tertiary/aromatic N) is 1. The summed E-state index contributed by atoms with van der Waals surface area (Å²) in [5.74, 6) is -2.24. The van der Waals surface area contributed by atoms with Crippen LogP contribution in [0.4, 0.5) is 0 Å². The molecule has 0 saturated carbocycles. The SMILES string of the molecule is O=C(O)CCC(C(=O)O)N1C(=O)/C(=C\c2ccc(-c3ccc(Cl)c(Cl)c3)o2)SC1=S. The highest BCUT2D eigenvalue weighted by molar-refractivity contribution is 8.26. The van der Waals surface area contributed by atoms with Crippen molar-refractivity contribution in [3.8, 4) is 11.3 Å². The number of furan rings is 1. The molecule has 30 heavy (non-hydrogen) atoms. The van der Waals surface area contributed by atoms with Crippen LogP contribution in [0.15, 0.2) is 39.7 Å². The quantitative estimate of drug-likeness (QED) is 0.426. The summed E-state index contributed by atoms with van der Waals surface area (Å²) in [6.45, 7) is 0. The van der Waals surface area contributed by atoms with Crippen LogP contribution in [-0.2, 0) is 14.4 Å². The van der Waals surface area contributed by atoms with Crippen LogP contribution in [0.25, 0.3) is 17.4 Å². The van der Waals surface area contributed by atoms with Crippen LogP contribution in [0, 0.1) is 0 Å². The highest BCUT2D eigenvalue weighted by atomic mass is 35.5. The Morgan fingerprint density at radius 1 is 1.20 bits per heavy atom. The Hall–Kier alpha value is -2.33. The third kappa shape index (κ3) is 4.86. The van der Waals surface area contributed by atoms with E-state index in [1.807, 2.05) is 0 Å². The summed E-state index contributed by atoms with van der Waals surface area (Å²) < 4.78 is 5.77. The first-order valence-electron chi connectivity index (χ1n) is 8.44. The van der Waals surface area contributed by atoms with Crippen molar-refractivity contribution in [3.63, 3.8) is 0 Å². The number of aliphatic carboxylic acids is 2. The van der Waals surface area contributed by atoms with Crippen molar-refractivity contribution >= 4 is 75.4 Å². The van der Waals surface area contributed by atoms with Gasteiger partial charge in [-0.05, 0) is 36.8 Å². The fraction of sp³-hybridized carbons (Fsp3) is 0.158. The van der Waals surface area contributed by atoms with Gasteiger partial charge < -0.3 is 14.6 Å². The largest absolute Gasteiger partial charge is 0.481 e. The maximum Gasteiger partial charge on any atom is 0.326 e. The molecule has 3 rings (SSSR count). The zero-order chi connectivity index (χ0) is 22.0. The molecule has 1 aromatic heterocycles. The van der Waals surface area contributed by atoms with E-state index in [9.17, 15) is 19.5 Å². The van der Waals surface area contributed by atoms with Crippen LogP contribution in [0.1, 0.15) is 18.6 Å². The van der Waals surface area contributed by atoms with Gasteiger partial charge in [-0.3, -0.25) is 14.5 Å². The van der Waals surface area contributed by atoms with Crippen LogP contribution >= 0.6 is 47.2 Å². The van der Waals surface area contributed by atoms with Gasteiger partial charge in [0.25, 0.3) is 5.91 Å². The zero-order valence-corrected chi connectivity index (χ0v) is 18.1. The number of amides is 1. The Balaban J connectivity index is 1.83. The van der Waals surface area contributed by atoms with Crippen molar-refractivity contribution in [1.29, 1.82) is 0 Å². The molecule has 1 aliphatic heterocycles. The van der Waals surface area contributed by atoms with E-state index in [2.05, 4.69) is 0 Å². The summed E-state index contributed by atoms with van der Waals surface area (Å²) in [4.78, 5) is 36.2. The van der Waals surface area contributed by atoms with Crippen LogP contribution in [-0.4, -0.2) is 43.3 Å². The second-order valence-electron chi connectivity index (χ2n) is 6.17. The van der Waals surface area contributed by atoms with Gasteiger partial charge in [-0.15, -0.1) is 0 Å². The maximum atomic E-state index is 12.7. The van der Waals surface area contributed by atoms with Crippen molar-refractivity contribution in [3.05, 3.63) is 51.0 Å². The summed E-state index contributed by atoms with van der Waals surface area (Å²) >= 11 is 18.0. The molecule has 1 atom stereocenters. The zero-order valence-electron chi connectivity index (χ0n) is 15.0. The van der Waals surface area contributed by atoms with Gasteiger partial charge in [0.1, 0.15) is 21.9 Å². The topological polar surface area (TPSA) is 108 Å². The number of carbonyl (C=O) groups is 3. The minimum atomic E-state index is -1.36. The third-order valence-corrected chi connectivity index (χ3v) is 6.23. The van der Waals surface area contributed by atoms with Crippen LogP contribution in [0.3, 0.4) is 0 Å². The van der Waals surface area contributed by atoms with Gasteiger partial charge in [0.2, 0.25) is 0 Å². The number of hydrogen-bond donors (Lipinski definition) is 2. The van der Waals surface area contributed by atoms with Gasteiger partial charge >= 0.3 is 11.9 Å². The van der Waals surface area contributed by atoms with E-state index in [4.69, 9.17) is 44.9 Å². The molecule has 1 aromatic carbocycles. The van der Waals surface area contributed by atoms with Crippen molar-refractivity contribution in [1.82, 2.24) is 4.90 Å². The smallest absolute Gasteiger partial charge is 0.326 e. The Morgan fingerprint density at radius 3 is 2.57 bits per heavy atom. The van der Waals surface area contributed by atoms with Gasteiger partial charge in [0, 0.05) is 18.1 Å². The Morgan fingerprint density at radius 2 is 1.93 bits per heavy atom. The fourth-order valence-corrected chi connectivity index (χ4v) is 4.37. The molecule has 2 heterocycles. The minimum absolute atomic E-state index is 0.0419. The van der Waals surface area contributed by atoms with Crippen LogP contribution in [0.5, 0.6) is 0 Å². The Labute approximate surface area is 190 Å². The summed E-state index contributed by atoms with van der Waals surface area (Å²) in [6, 6.07) is 6.99. The average molecular weight is 486 g/mol. The molecule has 1 saturated heterocycles. The molecule has 7 nitrogen and oxygen atoms in total. The fourth-order valence-electron chi connectivity index (χ4n) is 2.74. The molecular formula is C19H13Cl2NO6S2. The van der Waals surface area contributed by atoms with Gasteiger partial charge in [0.15, 0.2) is 0 Å². The summed E-state index contributed by atoms with van der Waals surface area (Å²) in [6.07, 6.45) is 0.793. The molecule has 0 bridgehead atoms. The van der Waals surface area contributed by atoms with E-state index in [1.54, 1.807) is 30.3 Å². The molecule has 2 N–H and O–H groups in total. The summed E-state index contributed by atoms with van der Waals surface area (Å²) in [5, 5.41) is 19.0. The van der Waals surface area contributed by atoms with Crippen LogP contribution < -0.4 is 0 Å². The first kappa shape index (κ1) is 22.4. The number of thioether (sulfide) groups is 1. The monoisotopic (exact) mass is 485 g/mol. The highest BCUT2D eigenvalue weighted by Crippen LogP contribution is 2.36. The Bertz CT molecular complexity index is 1080. The van der Waals surface area contributed by atoms with E-state index in [-0.39, 0.29) is 15.6 Å². The average Bonchev–Trinajstić information content (AvgIpc) is 3.24. The number of carboxylic acid groups (broad SMARTS) is 2. The molecule has 2 aromatic rings. The number of carbonyl (C=O) groups excluding carboxylic acids is 1. The standard InChI is InChI=1S/C19H13Cl2NO6S2/c20-11-3-1-9(7-12(11)21)14-5-2-10(28-14)8-15-17(25)22(19(29)30-15)13(18(26)27)4-6-16(23)24/h1-3,5,7-8,13H,4,6H2,(H,23,24)(H,26,27)/b15-8+. The van der Waals surface area contributed by atoms with Crippen molar-refractivity contribution in [2.45, 2.75) is 18.9 Å². The van der Waals surface area contributed by atoms with E-state index in [0.717, 1.165) is 16.7 Å². The first-order valence-corrected chi connectivity index (χ1v) is 10.4. The molecule has 0 spiro atoms. The van der Waals surface area contributed by atoms with Crippen molar-refractivity contribution in [2.24, 2.45) is 0 Å². The van der Waals surface area contributed by atoms with E-state index in [0.29, 0.717) is 27.1 Å². The summed E-state index contributed by atoms with van der Waals surface area (Å²) in [7, 11) is 0. The first-order chi connectivity index (χ1) is 14.2. The molecular weight excluding hydrogens is 473 g/mol. The summed E-state index contributed by atoms with van der Waals surface area (Å²) in [5.41, 5.74) is 0.691. The van der Waals surface area contributed by atoms with Crippen molar-refractivity contribution < 1.29 is 29.0 Å². The molecule has 1 amide bonds. The van der Waals surface area contributed by atoms with Gasteiger partial charge in [-0.1, -0.05) is 47.2 Å². The van der Waals surface area contributed by atoms with Gasteiger partial charge in [0.05, 0.1) is 15.0 Å². The normalized spacial score (nSPS) is 16.3. The number of hydrogen-bond acceptors (Lipinski definition) is 6. The lowest BCUT2D eigenvalue weighted by molar-refractivity contribution is -0.146. The van der Waals surface area contributed by atoms with E-state index in [1.165, 1.54) is 6.08 Å². The molecule has 11 heteroatoms. The van der Waals surface area contributed by atoms with Gasteiger partial charge in [-0.25, -0.2) is 4.79 Å². The van der Waals surface area contributed by atoms with Crippen molar-refractivity contribution in [2.75, 3.05) is 0 Å². The molecule has 1 fully saturated rings. The molecule has 1 aliphatic rings. The second-order valence-corrected chi connectivity index (χ2v) is 8.66. The lowest BCUT2D eigenvalue weighted by Gasteiger charge is -2.22. The number of carboxylic acids is 2. The highest BCUT2D eigenvalue weighted by Gasteiger charge is 2.40. The molecule has 0 radical (unpaired) electrons. The lowest BCUT2D eigenvalue weighted by Crippen LogP contribution is -2.44. The Kier molecular flexibility index (Phi) is 6.87. The number of halogens is 2.